The highest BCUT2D eigenvalue weighted by atomic mass is 127. The zero-order valence-corrected chi connectivity index (χ0v) is 10.4. The molecule has 0 aliphatic rings. The van der Waals surface area contributed by atoms with Crippen LogP contribution in [-0.4, -0.2) is 28.7 Å². The number of hydrogen-bond acceptors (Lipinski definition) is 3. The van der Waals surface area contributed by atoms with Crippen LogP contribution < -0.4 is 0 Å². The van der Waals surface area contributed by atoms with Crippen LogP contribution in [0.5, 0.6) is 0 Å². The van der Waals surface area contributed by atoms with Gasteiger partial charge in [0, 0.05) is 9.77 Å². The highest BCUT2D eigenvalue weighted by Crippen LogP contribution is 2.17. The summed E-state index contributed by atoms with van der Waals surface area (Å²) in [7, 11) is 1.27. The van der Waals surface area contributed by atoms with Crippen molar-refractivity contribution >= 4 is 34.5 Å². The van der Waals surface area contributed by atoms with E-state index in [-0.39, 0.29) is 5.69 Å². The average molecular weight is 323 g/mol. The van der Waals surface area contributed by atoms with Gasteiger partial charge >= 0.3 is 11.9 Å². The predicted octanol–water partition coefficient (Wildman–Crippen LogP) is 1.52. The van der Waals surface area contributed by atoms with Crippen molar-refractivity contribution in [1.29, 1.82) is 0 Å². The van der Waals surface area contributed by atoms with Gasteiger partial charge < -0.3 is 14.4 Å². The Kier molecular flexibility index (Phi) is 3.72. The molecule has 0 amide bonds. The topological polar surface area (TPSA) is 68.5 Å². The number of esters is 1. The van der Waals surface area contributed by atoms with Crippen molar-refractivity contribution in [2.75, 3.05) is 7.11 Å². The van der Waals surface area contributed by atoms with Crippen LogP contribution in [0.15, 0.2) is 12.3 Å². The molecule has 0 saturated heterocycles. The number of carboxylic acid groups (broad SMARTS) is 1. The van der Waals surface area contributed by atoms with E-state index in [0.717, 1.165) is 3.57 Å². The molecule has 1 aromatic heterocycles. The highest BCUT2D eigenvalue weighted by Gasteiger charge is 2.21. The van der Waals surface area contributed by atoms with Crippen LogP contribution in [0, 0.1) is 3.57 Å². The minimum Gasteiger partial charge on any atom is -0.477 e. The Hall–Kier alpha value is -1.05. The van der Waals surface area contributed by atoms with Crippen LogP contribution >= 0.6 is 22.6 Å². The largest absolute Gasteiger partial charge is 0.477 e. The van der Waals surface area contributed by atoms with Crippen molar-refractivity contribution in [2.45, 2.75) is 13.0 Å². The van der Waals surface area contributed by atoms with Gasteiger partial charge in [0.1, 0.15) is 11.7 Å². The van der Waals surface area contributed by atoms with Crippen molar-refractivity contribution in [3.8, 4) is 0 Å². The number of ether oxygens (including phenoxy) is 1. The number of hydrogen-bond donors (Lipinski definition) is 1. The Morgan fingerprint density at radius 1 is 1.60 bits per heavy atom. The number of carboxylic acids is 1. The maximum Gasteiger partial charge on any atom is 0.352 e. The number of methoxy groups -OCH3 is 1. The molecule has 82 valence electrons. The number of aromatic carboxylic acids is 1. The molecule has 0 aliphatic heterocycles. The van der Waals surface area contributed by atoms with Crippen LogP contribution in [0.4, 0.5) is 0 Å². The van der Waals surface area contributed by atoms with Gasteiger partial charge in [0.05, 0.1) is 7.11 Å². The number of halogens is 1. The molecule has 5 nitrogen and oxygen atoms in total. The smallest absolute Gasteiger partial charge is 0.352 e. The first-order chi connectivity index (χ1) is 6.97. The molecule has 1 rings (SSSR count). The van der Waals surface area contributed by atoms with E-state index < -0.39 is 18.0 Å². The van der Waals surface area contributed by atoms with Gasteiger partial charge in [-0.15, -0.1) is 0 Å². The van der Waals surface area contributed by atoms with Crippen molar-refractivity contribution in [2.24, 2.45) is 0 Å². The molecule has 1 aromatic rings. The molecule has 0 bridgehead atoms. The van der Waals surface area contributed by atoms with E-state index in [4.69, 9.17) is 5.11 Å². The van der Waals surface area contributed by atoms with E-state index in [9.17, 15) is 9.59 Å². The minimum absolute atomic E-state index is 0.0808. The fraction of sp³-hybridized carbons (Fsp3) is 0.333. The number of aromatic nitrogens is 1. The van der Waals surface area contributed by atoms with Crippen molar-refractivity contribution < 1.29 is 19.4 Å². The first-order valence-corrected chi connectivity index (χ1v) is 5.23. The maximum absolute atomic E-state index is 11.3. The van der Waals surface area contributed by atoms with Crippen LogP contribution in [-0.2, 0) is 9.53 Å². The van der Waals surface area contributed by atoms with Gasteiger partial charge in [0.25, 0.3) is 0 Å². The molecule has 0 fully saturated rings. The second-order valence-electron chi connectivity index (χ2n) is 2.96. The lowest BCUT2D eigenvalue weighted by atomic mass is 10.3. The van der Waals surface area contributed by atoms with Gasteiger partial charge in [-0.25, -0.2) is 9.59 Å². The lowest BCUT2D eigenvalue weighted by Crippen LogP contribution is -2.20. The molecule has 0 saturated carbocycles. The zero-order chi connectivity index (χ0) is 11.6. The van der Waals surface area contributed by atoms with Crippen LogP contribution in [0.2, 0.25) is 0 Å². The first kappa shape index (κ1) is 12.0. The Labute approximate surface area is 100 Å². The molecule has 1 heterocycles. The fourth-order valence-electron chi connectivity index (χ4n) is 1.22. The second kappa shape index (κ2) is 4.65. The zero-order valence-electron chi connectivity index (χ0n) is 8.23. The first-order valence-electron chi connectivity index (χ1n) is 4.16. The minimum atomic E-state index is -1.06. The molecule has 0 radical (unpaired) electrons. The molecule has 15 heavy (non-hydrogen) atoms. The van der Waals surface area contributed by atoms with Gasteiger partial charge in [-0.3, -0.25) is 0 Å². The third kappa shape index (κ3) is 2.49. The van der Waals surface area contributed by atoms with Gasteiger partial charge in [-0.1, -0.05) is 0 Å². The van der Waals surface area contributed by atoms with E-state index in [1.807, 2.05) is 22.6 Å². The molecule has 0 aliphatic carbocycles. The summed E-state index contributed by atoms with van der Waals surface area (Å²) in [5.41, 5.74) is 0.0808. The van der Waals surface area contributed by atoms with Crippen LogP contribution in [0.1, 0.15) is 23.5 Å². The Morgan fingerprint density at radius 3 is 2.67 bits per heavy atom. The lowest BCUT2D eigenvalue weighted by molar-refractivity contribution is -0.144. The molecule has 6 heteroatoms. The van der Waals surface area contributed by atoms with Crippen LogP contribution in [0.25, 0.3) is 0 Å². The summed E-state index contributed by atoms with van der Waals surface area (Å²) in [4.78, 5) is 22.1. The normalized spacial score (nSPS) is 12.2. The van der Waals surface area contributed by atoms with E-state index in [1.54, 1.807) is 13.1 Å². The third-order valence-electron chi connectivity index (χ3n) is 1.99. The third-order valence-corrected chi connectivity index (χ3v) is 2.58. The summed E-state index contributed by atoms with van der Waals surface area (Å²) in [6.45, 7) is 1.59. The average Bonchev–Trinajstić information content (AvgIpc) is 2.58. The number of nitrogens with zero attached hydrogens (tertiary/aromatic N) is 1. The van der Waals surface area contributed by atoms with Crippen molar-refractivity contribution in [3.05, 3.63) is 21.5 Å². The van der Waals surface area contributed by atoms with E-state index in [1.165, 1.54) is 17.7 Å². The van der Waals surface area contributed by atoms with E-state index in [2.05, 4.69) is 4.74 Å². The van der Waals surface area contributed by atoms with Gasteiger partial charge in [-0.05, 0) is 35.6 Å². The second-order valence-corrected chi connectivity index (χ2v) is 4.20. The van der Waals surface area contributed by atoms with Gasteiger partial charge in [0.2, 0.25) is 0 Å². The molecule has 1 N–H and O–H groups in total. The summed E-state index contributed by atoms with van der Waals surface area (Å²) in [5, 5.41) is 8.91. The summed E-state index contributed by atoms with van der Waals surface area (Å²) >= 11 is 1.99. The summed E-state index contributed by atoms with van der Waals surface area (Å²) in [5.74, 6) is -1.53. The summed E-state index contributed by atoms with van der Waals surface area (Å²) < 4.78 is 6.70. The monoisotopic (exact) mass is 323 g/mol. The van der Waals surface area contributed by atoms with Gasteiger partial charge in [-0.2, -0.15) is 0 Å². The van der Waals surface area contributed by atoms with E-state index >= 15 is 0 Å². The van der Waals surface area contributed by atoms with Gasteiger partial charge in [0.15, 0.2) is 0 Å². The number of carbonyl (C=O) groups excluding carboxylic acids is 1. The maximum atomic E-state index is 11.3. The fourth-order valence-corrected chi connectivity index (χ4v) is 1.82. The molecule has 0 aromatic carbocycles. The van der Waals surface area contributed by atoms with Crippen LogP contribution in [0.3, 0.4) is 0 Å². The SMILES string of the molecule is COC(=O)C(C)n1cc(I)cc1C(=O)O. The highest BCUT2D eigenvalue weighted by molar-refractivity contribution is 14.1. The standard InChI is InChI=1S/C9H10INO4/c1-5(9(14)15-2)11-4-6(10)3-7(11)8(12)13/h3-5H,1-2H3,(H,12,13). The van der Waals surface area contributed by atoms with E-state index in [0.29, 0.717) is 0 Å². The Balaban J connectivity index is 3.12. The molecule has 1 atom stereocenters. The predicted molar refractivity (Wildman–Crippen MR) is 60.8 cm³/mol. The Bertz CT molecular complexity index is 399. The molecular formula is C9H10INO4. The summed E-state index contributed by atoms with van der Waals surface area (Å²) in [6, 6.07) is 0.868. The number of rotatable bonds is 3. The molecule has 0 spiro atoms. The molecule has 1 unspecified atom stereocenters. The summed E-state index contributed by atoms with van der Waals surface area (Å²) in [6.07, 6.45) is 1.60. The van der Waals surface area contributed by atoms with Crippen molar-refractivity contribution in [1.82, 2.24) is 4.57 Å². The quantitative estimate of drug-likeness (QED) is 0.676. The number of carbonyl (C=O) groups is 2. The van der Waals surface area contributed by atoms with Crippen molar-refractivity contribution in [3.63, 3.8) is 0 Å². The Morgan fingerprint density at radius 2 is 2.20 bits per heavy atom. The lowest BCUT2D eigenvalue weighted by Gasteiger charge is -2.12. The molecular weight excluding hydrogens is 313 g/mol.